The third-order valence-electron chi connectivity index (χ3n) is 3.27. The number of aromatic nitrogens is 2. The van der Waals surface area contributed by atoms with E-state index in [9.17, 15) is 0 Å². The summed E-state index contributed by atoms with van der Waals surface area (Å²) in [4.78, 5) is 4.47. The molecule has 4 heteroatoms. The second-order valence-corrected chi connectivity index (χ2v) is 5.09. The molecular formula is C14H19N3O. The summed E-state index contributed by atoms with van der Waals surface area (Å²) in [5.41, 5.74) is 6.47. The third-order valence-corrected chi connectivity index (χ3v) is 3.27. The molecule has 18 heavy (non-hydrogen) atoms. The molecule has 1 unspecified atom stereocenters. The molecule has 0 spiro atoms. The van der Waals surface area contributed by atoms with Crippen LogP contribution in [0.15, 0.2) is 34.9 Å². The van der Waals surface area contributed by atoms with Crippen LogP contribution < -0.4 is 5.73 Å². The van der Waals surface area contributed by atoms with Crippen molar-refractivity contribution in [3.63, 3.8) is 0 Å². The molecule has 1 atom stereocenters. The number of hydrogen-bond donors (Lipinski definition) is 1. The Hall–Kier alpha value is -1.68. The Kier molecular flexibility index (Phi) is 3.48. The Morgan fingerprint density at radius 1 is 1.28 bits per heavy atom. The lowest BCUT2D eigenvalue weighted by atomic mass is 9.84. The Labute approximate surface area is 107 Å². The Morgan fingerprint density at radius 2 is 1.94 bits per heavy atom. The number of nitrogens with two attached hydrogens (primary N) is 1. The summed E-state index contributed by atoms with van der Waals surface area (Å²) in [5.74, 6) is 1.43. The highest BCUT2D eigenvalue weighted by atomic mass is 16.5. The Balaban J connectivity index is 2.33. The zero-order chi connectivity index (χ0) is 13.2. The van der Waals surface area contributed by atoms with Crippen LogP contribution in [0.1, 0.15) is 44.0 Å². The minimum atomic E-state index is -0.291. The van der Waals surface area contributed by atoms with Crippen LogP contribution in [0, 0.1) is 0 Å². The maximum absolute atomic E-state index is 5.61. The second kappa shape index (κ2) is 4.90. The van der Waals surface area contributed by atoms with E-state index in [4.69, 9.17) is 10.3 Å². The second-order valence-electron chi connectivity index (χ2n) is 5.09. The van der Waals surface area contributed by atoms with Gasteiger partial charge in [-0.15, -0.1) is 0 Å². The molecule has 2 aromatic rings. The first-order valence-electron chi connectivity index (χ1n) is 6.15. The van der Waals surface area contributed by atoms with Gasteiger partial charge in [0.05, 0.1) is 5.41 Å². The average Bonchev–Trinajstić information content (AvgIpc) is 2.89. The molecule has 2 N–H and O–H groups in total. The van der Waals surface area contributed by atoms with Gasteiger partial charge in [-0.3, -0.25) is 0 Å². The van der Waals surface area contributed by atoms with Crippen molar-refractivity contribution in [3.8, 4) is 0 Å². The topological polar surface area (TPSA) is 64.9 Å². The molecule has 0 aliphatic carbocycles. The van der Waals surface area contributed by atoms with Crippen molar-refractivity contribution in [1.29, 1.82) is 0 Å². The maximum atomic E-state index is 5.61. The Morgan fingerprint density at radius 3 is 2.56 bits per heavy atom. The lowest BCUT2D eigenvalue weighted by Gasteiger charge is -2.20. The van der Waals surface area contributed by atoms with Gasteiger partial charge in [0.15, 0.2) is 5.82 Å². The first-order chi connectivity index (χ1) is 8.55. The molecule has 0 saturated carbocycles. The summed E-state index contributed by atoms with van der Waals surface area (Å²) < 4.78 is 5.39. The van der Waals surface area contributed by atoms with Crippen molar-refractivity contribution in [2.24, 2.45) is 5.73 Å². The standard InChI is InChI=1S/C14H19N3O/c1-10(9-15)12-16-13(18-17-12)14(2,3)11-7-5-4-6-8-11/h4-8,10H,9,15H2,1-3H3. The van der Waals surface area contributed by atoms with E-state index in [0.29, 0.717) is 18.3 Å². The van der Waals surface area contributed by atoms with Crippen molar-refractivity contribution < 1.29 is 4.52 Å². The van der Waals surface area contributed by atoms with E-state index in [2.05, 4.69) is 36.1 Å². The number of nitrogens with zero attached hydrogens (tertiary/aromatic N) is 2. The largest absolute Gasteiger partial charge is 0.338 e. The van der Waals surface area contributed by atoms with Crippen LogP contribution in [0.2, 0.25) is 0 Å². The van der Waals surface area contributed by atoms with E-state index in [0.717, 1.165) is 5.56 Å². The van der Waals surface area contributed by atoms with Gasteiger partial charge in [0.1, 0.15) is 0 Å². The average molecular weight is 245 g/mol. The Bertz CT molecular complexity index is 505. The lowest BCUT2D eigenvalue weighted by molar-refractivity contribution is 0.328. The fraction of sp³-hybridized carbons (Fsp3) is 0.429. The molecule has 1 heterocycles. The van der Waals surface area contributed by atoms with Crippen LogP contribution in [-0.4, -0.2) is 16.7 Å². The van der Waals surface area contributed by atoms with Gasteiger partial charge in [-0.2, -0.15) is 4.98 Å². The van der Waals surface area contributed by atoms with E-state index >= 15 is 0 Å². The highest BCUT2D eigenvalue weighted by Gasteiger charge is 2.30. The predicted octanol–water partition coefficient (Wildman–Crippen LogP) is 2.46. The van der Waals surface area contributed by atoms with Gasteiger partial charge >= 0.3 is 0 Å². The van der Waals surface area contributed by atoms with E-state index in [1.54, 1.807) is 0 Å². The first kappa shape index (κ1) is 12.8. The zero-order valence-electron chi connectivity index (χ0n) is 11.1. The molecule has 1 aromatic heterocycles. The third kappa shape index (κ3) is 2.29. The van der Waals surface area contributed by atoms with Crippen LogP contribution in [-0.2, 0) is 5.41 Å². The summed E-state index contributed by atoms with van der Waals surface area (Å²) in [7, 11) is 0. The van der Waals surface area contributed by atoms with Crippen molar-refractivity contribution >= 4 is 0 Å². The van der Waals surface area contributed by atoms with Gasteiger partial charge in [-0.1, -0.05) is 42.4 Å². The van der Waals surface area contributed by atoms with E-state index in [-0.39, 0.29) is 11.3 Å². The van der Waals surface area contributed by atoms with E-state index < -0.39 is 0 Å². The quantitative estimate of drug-likeness (QED) is 0.898. The first-order valence-corrected chi connectivity index (χ1v) is 6.15. The molecule has 0 aliphatic rings. The highest BCUT2D eigenvalue weighted by molar-refractivity contribution is 5.29. The van der Waals surface area contributed by atoms with Crippen molar-refractivity contribution in [2.75, 3.05) is 6.54 Å². The van der Waals surface area contributed by atoms with Crippen LogP contribution >= 0.6 is 0 Å². The van der Waals surface area contributed by atoms with Gasteiger partial charge < -0.3 is 10.3 Å². The lowest BCUT2D eigenvalue weighted by Crippen LogP contribution is -2.19. The predicted molar refractivity (Wildman–Crippen MR) is 70.3 cm³/mol. The molecule has 96 valence electrons. The smallest absolute Gasteiger partial charge is 0.236 e. The summed E-state index contributed by atoms with van der Waals surface area (Å²) in [6, 6.07) is 10.1. The number of rotatable bonds is 4. The molecule has 0 fully saturated rings. The molecule has 4 nitrogen and oxygen atoms in total. The van der Waals surface area contributed by atoms with Gasteiger partial charge in [0.2, 0.25) is 5.89 Å². The summed E-state index contributed by atoms with van der Waals surface area (Å²) in [5, 5.41) is 4.01. The summed E-state index contributed by atoms with van der Waals surface area (Å²) in [6.45, 7) is 6.66. The van der Waals surface area contributed by atoms with Crippen molar-refractivity contribution in [1.82, 2.24) is 10.1 Å². The molecule has 1 aromatic carbocycles. The van der Waals surface area contributed by atoms with E-state index in [1.807, 2.05) is 25.1 Å². The van der Waals surface area contributed by atoms with Gasteiger partial charge in [0, 0.05) is 12.5 Å². The fourth-order valence-electron chi connectivity index (χ4n) is 1.77. The molecule has 0 bridgehead atoms. The normalized spacial score (nSPS) is 13.6. The summed E-state index contributed by atoms with van der Waals surface area (Å²) >= 11 is 0. The van der Waals surface area contributed by atoms with Gasteiger partial charge in [-0.05, 0) is 19.4 Å². The minimum absolute atomic E-state index is 0.120. The number of hydrogen-bond acceptors (Lipinski definition) is 4. The molecule has 2 rings (SSSR count). The molecule has 0 amide bonds. The highest BCUT2D eigenvalue weighted by Crippen LogP contribution is 2.30. The SMILES string of the molecule is CC(CN)c1noc(C(C)(C)c2ccccc2)n1. The van der Waals surface area contributed by atoms with Gasteiger partial charge in [0.25, 0.3) is 0 Å². The van der Waals surface area contributed by atoms with Crippen molar-refractivity contribution in [3.05, 3.63) is 47.6 Å². The molecule has 0 aliphatic heterocycles. The maximum Gasteiger partial charge on any atom is 0.236 e. The van der Waals surface area contributed by atoms with Gasteiger partial charge in [-0.25, -0.2) is 0 Å². The number of benzene rings is 1. The van der Waals surface area contributed by atoms with Crippen molar-refractivity contribution in [2.45, 2.75) is 32.1 Å². The fourth-order valence-corrected chi connectivity index (χ4v) is 1.77. The molecule has 0 saturated heterocycles. The summed E-state index contributed by atoms with van der Waals surface area (Å²) in [6.07, 6.45) is 0. The molecular weight excluding hydrogens is 226 g/mol. The minimum Gasteiger partial charge on any atom is -0.338 e. The van der Waals surface area contributed by atoms with Crippen LogP contribution in [0.25, 0.3) is 0 Å². The van der Waals surface area contributed by atoms with Crippen LogP contribution in [0.3, 0.4) is 0 Å². The zero-order valence-corrected chi connectivity index (χ0v) is 11.1. The monoisotopic (exact) mass is 245 g/mol. The van der Waals surface area contributed by atoms with Crippen LogP contribution in [0.4, 0.5) is 0 Å². The van der Waals surface area contributed by atoms with E-state index in [1.165, 1.54) is 0 Å². The van der Waals surface area contributed by atoms with Crippen LogP contribution in [0.5, 0.6) is 0 Å². The molecule has 0 radical (unpaired) electrons.